The highest BCUT2D eigenvalue weighted by Gasteiger charge is 2.17. The van der Waals surface area contributed by atoms with Gasteiger partial charge in [-0.2, -0.15) is 0 Å². The second-order valence-corrected chi connectivity index (χ2v) is 5.24. The molecule has 0 aromatic heterocycles. The van der Waals surface area contributed by atoms with E-state index in [0.29, 0.717) is 12.2 Å². The van der Waals surface area contributed by atoms with E-state index in [1.165, 1.54) is 5.56 Å². The fraction of sp³-hybridized carbons (Fsp3) is 0.222. The largest absolute Gasteiger partial charge is 0.352 e. The Labute approximate surface area is 124 Å². The molecule has 0 radical (unpaired) electrons. The van der Waals surface area contributed by atoms with Crippen LogP contribution in [0.3, 0.4) is 0 Å². The average Bonchev–Trinajstić information content (AvgIpc) is 2.91. The fourth-order valence-electron chi connectivity index (χ4n) is 2.76. The quantitative estimate of drug-likeness (QED) is 0.806. The lowest BCUT2D eigenvalue weighted by Gasteiger charge is -2.15. The van der Waals surface area contributed by atoms with Crippen molar-refractivity contribution in [2.75, 3.05) is 6.54 Å². The van der Waals surface area contributed by atoms with Crippen LogP contribution in [0.5, 0.6) is 0 Å². The summed E-state index contributed by atoms with van der Waals surface area (Å²) in [5.41, 5.74) is 4.14. The van der Waals surface area contributed by atoms with E-state index in [9.17, 15) is 9.59 Å². The molecule has 0 atom stereocenters. The number of benzene rings is 2. The number of hydrogen-bond donors (Lipinski definition) is 1. The average molecular weight is 279 g/mol. The highest BCUT2D eigenvalue weighted by molar-refractivity contribution is 6.00. The summed E-state index contributed by atoms with van der Waals surface area (Å²) in [4.78, 5) is 22.2. The van der Waals surface area contributed by atoms with Crippen LogP contribution in [0.1, 0.15) is 38.3 Å². The van der Waals surface area contributed by atoms with E-state index < -0.39 is 0 Å². The molecule has 0 spiro atoms. The summed E-state index contributed by atoms with van der Waals surface area (Å²) in [6.07, 6.45) is 2.61. The van der Waals surface area contributed by atoms with Crippen LogP contribution in [0.25, 0.3) is 0 Å². The van der Waals surface area contributed by atoms with Gasteiger partial charge in [0.05, 0.1) is 0 Å². The minimum absolute atomic E-state index is 0.0619. The second kappa shape index (κ2) is 5.92. The van der Waals surface area contributed by atoms with Gasteiger partial charge in [0.1, 0.15) is 0 Å². The van der Waals surface area contributed by atoms with Gasteiger partial charge in [-0.05, 0) is 30.0 Å². The summed E-state index contributed by atoms with van der Waals surface area (Å²) >= 11 is 0. The Morgan fingerprint density at radius 3 is 2.00 bits per heavy atom. The minimum atomic E-state index is 0.0619. The van der Waals surface area contributed by atoms with Crippen molar-refractivity contribution in [2.24, 2.45) is 0 Å². The van der Waals surface area contributed by atoms with Gasteiger partial charge in [0.15, 0.2) is 5.78 Å². The number of aryl methyl sites for hydroxylation is 1. The van der Waals surface area contributed by atoms with Crippen molar-refractivity contribution in [3.8, 4) is 0 Å². The van der Waals surface area contributed by atoms with Crippen LogP contribution < -0.4 is 5.32 Å². The highest BCUT2D eigenvalue weighted by atomic mass is 16.1. The molecule has 0 unspecified atom stereocenters. The van der Waals surface area contributed by atoms with Crippen molar-refractivity contribution in [1.29, 1.82) is 0 Å². The molecule has 21 heavy (non-hydrogen) atoms. The monoisotopic (exact) mass is 279 g/mol. The van der Waals surface area contributed by atoms with Gasteiger partial charge in [-0.15, -0.1) is 0 Å². The molecule has 2 aliphatic rings. The Hall–Kier alpha value is -2.42. The van der Waals surface area contributed by atoms with Gasteiger partial charge in [0.25, 0.3) is 5.91 Å². The van der Waals surface area contributed by atoms with Crippen molar-refractivity contribution < 1.29 is 9.59 Å². The Morgan fingerprint density at radius 2 is 1.33 bits per heavy atom. The normalized spacial score (nSPS) is 15.4. The number of fused-ring (bicyclic) bond motifs is 2. The lowest BCUT2D eigenvalue weighted by atomic mass is 10.0. The maximum Gasteiger partial charge on any atom is 0.251 e. The molecule has 0 fully saturated rings. The second-order valence-electron chi connectivity index (χ2n) is 5.24. The molecule has 1 N–H and O–H groups in total. The zero-order valence-corrected chi connectivity index (χ0v) is 11.8. The lowest BCUT2D eigenvalue weighted by molar-refractivity contribution is 0.0944. The molecule has 2 aromatic carbocycles. The first-order valence-electron chi connectivity index (χ1n) is 7.23. The Balaban J connectivity index is 0.000000126. The van der Waals surface area contributed by atoms with E-state index in [1.54, 1.807) is 0 Å². The number of nitrogens with one attached hydrogen (secondary N) is 1. The summed E-state index contributed by atoms with van der Waals surface area (Å²) in [6, 6.07) is 15.6. The van der Waals surface area contributed by atoms with Crippen LogP contribution in [0.4, 0.5) is 0 Å². The van der Waals surface area contributed by atoms with Gasteiger partial charge in [-0.1, -0.05) is 42.5 Å². The number of carbonyl (C=O) groups is 2. The number of hydrogen-bond acceptors (Lipinski definition) is 2. The SMILES string of the molecule is O=C1CCc2ccccc21.O=C1NCCc2ccccc21. The first-order valence-corrected chi connectivity index (χ1v) is 7.23. The third-order valence-corrected chi connectivity index (χ3v) is 3.88. The van der Waals surface area contributed by atoms with Gasteiger partial charge in [-0.3, -0.25) is 9.59 Å². The first-order chi connectivity index (χ1) is 10.3. The number of Topliss-reactive ketones (excluding diaryl/α,β-unsaturated/α-hetero) is 1. The maximum absolute atomic E-state index is 11.2. The van der Waals surface area contributed by atoms with Crippen LogP contribution in [0.15, 0.2) is 48.5 Å². The molecule has 0 saturated heterocycles. The summed E-state index contributed by atoms with van der Waals surface area (Å²) in [6.45, 7) is 0.774. The molecule has 0 bridgehead atoms. The molecule has 4 rings (SSSR count). The predicted molar refractivity (Wildman–Crippen MR) is 81.6 cm³/mol. The van der Waals surface area contributed by atoms with Crippen molar-refractivity contribution in [1.82, 2.24) is 5.32 Å². The van der Waals surface area contributed by atoms with E-state index in [4.69, 9.17) is 0 Å². The maximum atomic E-state index is 11.2. The summed E-state index contributed by atoms with van der Waals surface area (Å²) < 4.78 is 0. The van der Waals surface area contributed by atoms with Crippen LogP contribution in [0.2, 0.25) is 0 Å². The fourth-order valence-corrected chi connectivity index (χ4v) is 2.76. The van der Waals surface area contributed by atoms with E-state index in [0.717, 1.165) is 36.1 Å². The molecule has 0 saturated carbocycles. The Morgan fingerprint density at radius 1 is 0.714 bits per heavy atom. The van der Waals surface area contributed by atoms with E-state index in [1.807, 2.05) is 48.5 Å². The van der Waals surface area contributed by atoms with Gasteiger partial charge in [0.2, 0.25) is 0 Å². The Kier molecular flexibility index (Phi) is 3.82. The third-order valence-electron chi connectivity index (χ3n) is 3.88. The number of carbonyl (C=O) groups excluding carboxylic acids is 2. The van der Waals surface area contributed by atoms with Crippen LogP contribution in [0, 0.1) is 0 Å². The summed E-state index contributed by atoms with van der Waals surface area (Å²) in [5, 5.41) is 2.80. The smallest absolute Gasteiger partial charge is 0.251 e. The number of ketones is 1. The van der Waals surface area contributed by atoms with Crippen LogP contribution in [-0.2, 0) is 12.8 Å². The number of rotatable bonds is 0. The molecular formula is C18H17NO2. The zero-order valence-electron chi connectivity index (χ0n) is 11.8. The predicted octanol–water partition coefficient (Wildman–Crippen LogP) is 2.79. The molecule has 2 aromatic rings. The van der Waals surface area contributed by atoms with E-state index in [2.05, 4.69) is 5.32 Å². The van der Waals surface area contributed by atoms with Crippen LogP contribution in [-0.4, -0.2) is 18.2 Å². The Bertz CT molecular complexity index is 691. The molecule has 1 amide bonds. The molecular weight excluding hydrogens is 262 g/mol. The summed E-state index contributed by atoms with van der Waals surface area (Å²) in [7, 11) is 0. The van der Waals surface area contributed by atoms with Gasteiger partial charge >= 0.3 is 0 Å². The highest BCUT2D eigenvalue weighted by Crippen LogP contribution is 2.20. The van der Waals surface area contributed by atoms with Crippen molar-refractivity contribution in [3.05, 3.63) is 70.8 Å². The lowest BCUT2D eigenvalue weighted by Crippen LogP contribution is -2.31. The summed E-state index contributed by atoms with van der Waals surface area (Å²) in [5.74, 6) is 0.363. The zero-order chi connectivity index (χ0) is 14.7. The third kappa shape index (κ3) is 2.87. The van der Waals surface area contributed by atoms with E-state index >= 15 is 0 Å². The number of amides is 1. The molecule has 3 heteroatoms. The molecule has 3 nitrogen and oxygen atoms in total. The standard InChI is InChI=1S/C9H9NO.C9H8O/c11-9-8-4-2-1-3-7(8)5-6-10-9;10-9-6-5-7-3-1-2-4-8(7)9/h1-4H,5-6H2,(H,10,11);1-4H,5-6H2. The molecule has 1 aliphatic carbocycles. The van der Waals surface area contributed by atoms with Gasteiger partial charge in [0, 0.05) is 24.1 Å². The minimum Gasteiger partial charge on any atom is -0.352 e. The van der Waals surface area contributed by atoms with Crippen molar-refractivity contribution >= 4 is 11.7 Å². The van der Waals surface area contributed by atoms with E-state index in [-0.39, 0.29) is 5.91 Å². The van der Waals surface area contributed by atoms with Gasteiger partial charge in [-0.25, -0.2) is 0 Å². The molecule has 1 aliphatic heterocycles. The van der Waals surface area contributed by atoms with Crippen LogP contribution >= 0.6 is 0 Å². The molecule has 106 valence electrons. The topological polar surface area (TPSA) is 46.2 Å². The van der Waals surface area contributed by atoms with Gasteiger partial charge < -0.3 is 5.32 Å². The molecule has 1 heterocycles. The van der Waals surface area contributed by atoms with Crippen molar-refractivity contribution in [3.63, 3.8) is 0 Å². The van der Waals surface area contributed by atoms with Crippen molar-refractivity contribution in [2.45, 2.75) is 19.3 Å². The first kappa shape index (κ1) is 13.6.